The summed E-state index contributed by atoms with van der Waals surface area (Å²) in [5, 5.41) is 4.15. The fourth-order valence-electron chi connectivity index (χ4n) is 1.26. The lowest BCUT2D eigenvalue weighted by Crippen LogP contribution is -2.10. The molecule has 0 saturated carbocycles. The second kappa shape index (κ2) is 2.97. The number of para-hydroxylation sites is 1. The summed E-state index contributed by atoms with van der Waals surface area (Å²) >= 11 is 0. The molecule has 0 spiro atoms. The van der Waals surface area contributed by atoms with Crippen LogP contribution in [-0.4, -0.2) is 9.78 Å². The van der Waals surface area contributed by atoms with Crippen molar-refractivity contribution >= 4 is 10.9 Å². The quantitative estimate of drug-likeness (QED) is 0.660. The minimum Gasteiger partial charge on any atom is -0.287 e. The van der Waals surface area contributed by atoms with Crippen molar-refractivity contribution in [2.24, 2.45) is 0 Å². The summed E-state index contributed by atoms with van der Waals surface area (Å²) in [5.74, 6) is 0. The van der Waals surface area contributed by atoms with Crippen LogP contribution >= 0.6 is 0 Å². The van der Waals surface area contributed by atoms with E-state index in [1.807, 2.05) is 0 Å². The van der Waals surface area contributed by atoms with Gasteiger partial charge in [-0.2, -0.15) is 5.10 Å². The largest absolute Gasteiger partial charge is 0.287 e. The van der Waals surface area contributed by atoms with Gasteiger partial charge in [-0.3, -0.25) is 4.79 Å². The third-order valence-corrected chi connectivity index (χ3v) is 1.88. The highest BCUT2D eigenvalue weighted by Crippen LogP contribution is 2.07. The number of hydrogen-bond donors (Lipinski definition) is 0. The second-order valence-electron chi connectivity index (χ2n) is 2.65. The van der Waals surface area contributed by atoms with Gasteiger partial charge in [0.25, 0.3) is 0 Å². The zero-order valence-electron chi connectivity index (χ0n) is 6.77. The van der Waals surface area contributed by atoms with Crippen LogP contribution in [0, 0.1) is 0 Å². The summed E-state index contributed by atoms with van der Waals surface area (Å²) in [6.07, 6.45) is 1.13. The number of aromatic nitrogens is 2. The number of alkyl halides is 1. The molecule has 1 aromatic heterocycles. The van der Waals surface area contributed by atoms with Crippen molar-refractivity contribution in [3.63, 3.8) is 0 Å². The molecule has 0 radical (unpaired) electrons. The van der Waals surface area contributed by atoms with Crippen LogP contribution in [0.25, 0.3) is 10.9 Å². The van der Waals surface area contributed by atoms with Crippen molar-refractivity contribution in [1.29, 1.82) is 0 Å². The van der Waals surface area contributed by atoms with Crippen molar-refractivity contribution in [2.45, 2.75) is 6.80 Å². The van der Waals surface area contributed by atoms with Crippen molar-refractivity contribution < 1.29 is 4.39 Å². The highest BCUT2D eigenvalue weighted by molar-refractivity contribution is 5.77. The standard InChI is InChI=1S/C9H7FN2O/c10-6-12-8-4-2-1-3-7(8)9(13)5-11-12/h1-5H,6H2. The summed E-state index contributed by atoms with van der Waals surface area (Å²) in [4.78, 5) is 11.2. The maximum atomic E-state index is 12.4. The number of fused-ring (bicyclic) bond motifs is 1. The molecule has 0 bridgehead atoms. The summed E-state index contributed by atoms with van der Waals surface area (Å²) in [7, 11) is 0. The Morgan fingerprint density at radius 1 is 1.38 bits per heavy atom. The number of rotatable bonds is 1. The molecule has 1 heterocycles. The minimum atomic E-state index is -0.721. The third-order valence-electron chi connectivity index (χ3n) is 1.88. The van der Waals surface area contributed by atoms with E-state index in [0.717, 1.165) is 10.9 Å². The molecule has 1 aromatic carbocycles. The zero-order valence-corrected chi connectivity index (χ0v) is 6.77. The first-order valence-corrected chi connectivity index (χ1v) is 3.84. The van der Waals surface area contributed by atoms with Crippen molar-refractivity contribution in [1.82, 2.24) is 9.78 Å². The highest BCUT2D eigenvalue weighted by Gasteiger charge is 2.01. The molecule has 0 fully saturated rings. The lowest BCUT2D eigenvalue weighted by atomic mass is 10.2. The van der Waals surface area contributed by atoms with E-state index in [2.05, 4.69) is 5.10 Å². The van der Waals surface area contributed by atoms with Crippen LogP contribution in [0.2, 0.25) is 0 Å². The van der Waals surface area contributed by atoms with Crippen LogP contribution in [0.1, 0.15) is 0 Å². The topological polar surface area (TPSA) is 34.9 Å². The molecule has 0 N–H and O–H groups in total. The molecule has 66 valence electrons. The smallest absolute Gasteiger partial charge is 0.207 e. The SMILES string of the molecule is O=c1cnn(CF)c2ccccc12. The lowest BCUT2D eigenvalue weighted by Gasteiger charge is -2.02. The molecule has 4 heteroatoms. The van der Waals surface area contributed by atoms with Gasteiger partial charge >= 0.3 is 0 Å². The minimum absolute atomic E-state index is 0.180. The fourth-order valence-corrected chi connectivity index (χ4v) is 1.26. The van der Waals surface area contributed by atoms with Gasteiger partial charge in [0.2, 0.25) is 5.43 Å². The Kier molecular flexibility index (Phi) is 1.81. The maximum absolute atomic E-state index is 12.4. The van der Waals surface area contributed by atoms with E-state index in [-0.39, 0.29) is 5.43 Å². The van der Waals surface area contributed by atoms with Gasteiger partial charge in [0.1, 0.15) is 0 Å². The third kappa shape index (κ3) is 1.20. The molecule has 2 rings (SSSR count). The monoisotopic (exact) mass is 178 g/mol. The van der Waals surface area contributed by atoms with E-state index in [1.165, 1.54) is 0 Å². The number of nitrogens with zero attached hydrogens (tertiary/aromatic N) is 2. The Bertz CT molecular complexity index is 492. The first-order chi connectivity index (χ1) is 6.33. The van der Waals surface area contributed by atoms with Crippen molar-refractivity contribution in [2.75, 3.05) is 0 Å². The number of halogens is 1. The number of hydrogen-bond acceptors (Lipinski definition) is 2. The van der Waals surface area contributed by atoms with Gasteiger partial charge < -0.3 is 0 Å². The van der Waals surface area contributed by atoms with Crippen LogP contribution in [0.5, 0.6) is 0 Å². The Labute approximate surface area is 73.4 Å². The van der Waals surface area contributed by atoms with Gasteiger partial charge in [-0.15, -0.1) is 0 Å². The van der Waals surface area contributed by atoms with Crippen molar-refractivity contribution in [3.8, 4) is 0 Å². The number of benzene rings is 1. The van der Waals surface area contributed by atoms with E-state index < -0.39 is 6.80 Å². The molecule has 0 saturated heterocycles. The summed E-state index contributed by atoms with van der Waals surface area (Å²) in [6.45, 7) is -0.721. The van der Waals surface area contributed by atoms with E-state index in [0.29, 0.717) is 10.9 Å². The van der Waals surface area contributed by atoms with Gasteiger partial charge in [-0.25, -0.2) is 9.07 Å². The van der Waals surface area contributed by atoms with Crippen LogP contribution in [0.15, 0.2) is 35.3 Å². The summed E-state index contributed by atoms with van der Waals surface area (Å²) < 4.78 is 13.5. The molecule has 0 aliphatic rings. The predicted octanol–water partition coefficient (Wildman–Crippen LogP) is 1.32. The Morgan fingerprint density at radius 2 is 2.15 bits per heavy atom. The van der Waals surface area contributed by atoms with E-state index in [1.54, 1.807) is 24.3 Å². The molecule has 3 nitrogen and oxygen atoms in total. The average Bonchev–Trinajstić information content (AvgIpc) is 2.19. The van der Waals surface area contributed by atoms with E-state index in [9.17, 15) is 9.18 Å². The molecule has 2 aromatic rings. The Balaban J connectivity index is 2.93. The second-order valence-corrected chi connectivity index (χ2v) is 2.65. The molecule has 0 aliphatic carbocycles. The highest BCUT2D eigenvalue weighted by atomic mass is 19.1. The van der Waals surface area contributed by atoms with Gasteiger partial charge in [-0.1, -0.05) is 12.1 Å². The lowest BCUT2D eigenvalue weighted by molar-refractivity contribution is 0.355. The molecule has 0 aliphatic heterocycles. The van der Waals surface area contributed by atoms with Crippen LogP contribution in [0.4, 0.5) is 4.39 Å². The van der Waals surface area contributed by atoms with Crippen LogP contribution in [0.3, 0.4) is 0 Å². The van der Waals surface area contributed by atoms with Gasteiger partial charge in [0, 0.05) is 5.39 Å². The predicted molar refractivity (Wildman–Crippen MR) is 47.1 cm³/mol. The van der Waals surface area contributed by atoms with Crippen LogP contribution < -0.4 is 5.43 Å². The average molecular weight is 178 g/mol. The molecule has 13 heavy (non-hydrogen) atoms. The van der Waals surface area contributed by atoms with Gasteiger partial charge in [-0.05, 0) is 12.1 Å². The van der Waals surface area contributed by atoms with E-state index >= 15 is 0 Å². The molecular formula is C9H7FN2O. The summed E-state index contributed by atoms with van der Waals surface area (Å²) in [6, 6.07) is 6.82. The van der Waals surface area contributed by atoms with Crippen molar-refractivity contribution in [3.05, 3.63) is 40.7 Å². The first kappa shape index (κ1) is 7.91. The molecular weight excluding hydrogens is 171 g/mol. The zero-order chi connectivity index (χ0) is 9.26. The molecule has 0 amide bonds. The fraction of sp³-hybridized carbons (Fsp3) is 0.111. The molecule has 0 atom stereocenters. The Morgan fingerprint density at radius 3 is 2.92 bits per heavy atom. The van der Waals surface area contributed by atoms with Gasteiger partial charge in [0.15, 0.2) is 6.80 Å². The molecule has 0 unspecified atom stereocenters. The Hall–Kier alpha value is -1.71. The van der Waals surface area contributed by atoms with E-state index in [4.69, 9.17) is 0 Å². The van der Waals surface area contributed by atoms with Gasteiger partial charge in [0.05, 0.1) is 11.7 Å². The first-order valence-electron chi connectivity index (χ1n) is 3.84. The van der Waals surface area contributed by atoms with Crippen LogP contribution in [-0.2, 0) is 6.80 Å². The normalized spacial score (nSPS) is 10.5. The maximum Gasteiger partial charge on any atom is 0.207 e. The summed E-state index contributed by atoms with van der Waals surface area (Å²) in [5.41, 5.74) is 0.345.